The minimum absolute atomic E-state index is 0.0452. The molecule has 0 aromatic heterocycles. The minimum atomic E-state index is -3.18. The summed E-state index contributed by atoms with van der Waals surface area (Å²) in [6, 6.07) is 19.0. The Labute approximate surface area is 187 Å². The molecule has 2 unspecified atom stereocenters. The quantitative estimate of drug-likeness (QED) is 0.531. The number of fused-ring (bicyclic) bond motifs is 1. The van der Waals surface area contributed by atoms with Crippen LogP contribution in [0.15, 0.2) is 66.7 Å². The molecule has 32 heavy (non-hydrogen) atoms. The fourth-order valence-electron chi connectivity index (χ4n) is 4.19. The van der Waals surface area contributed by atoms with Crippen LogP contribution in [0.1, 0.15) is 25.3 Å². The summed E-state index contributed by atoms with van der Waals surface area (Å²) in [5.74, 6) is -0.212. The van der Waals surface area contributed by atoms with Gasteiger partial charge in [-0.15, -0.1) is 0 Å². The zero-order valence-corrected chi connectivity index (χ0v) is 18.7. The Morgan fingerprint density at radius 3 is 2.50 bits per heavy atom. The molecular formula is C25H26FNO4S. The maximum Gasteiger partial charge on any atom is 0.264 e. The smallest absolute Gasteiger partial charge is 0.264 e. The van der Waals surface area contributed by atoms with Gasteiger partial charge in [0.05, 0.1) is 11.5 Å². The van der Waals surface area contributed by atoms with Gasteiger partial charge < -0.3 is 9.64 Å². The van der Waals surface area contributed by atoms with Gasteiger partial charge in [-0.3, -0.25) is 4.79 Å². The van der Waals surface area contributed by atoms with Crippen molar-refractivity contribution in [3.05, 3.63) is 78.1 Å². The van der Waals surface area contributed by atoms with E-state index in [2.05, 4.69) is 0 Å². The third-order valence-corrected chi connectivity index (χ3v) is 7.64. The van der Waals surface area contributed by atoms with Crippen molar-refractivity contribution in [2.24, 2.45) is 0 Å². The predicted molar refractivity (Wildman–Crippen MR) is 123 cm³/mol. The van der Waals surface area contributed by atoms with Crippen molar-refractivity contribution < 1.29 is 22.3 Å². The molecule has 168 valence electrons. The van der Waals surface area contributed by atoms with Gasteiger partial charge in [0.25, 0.3) is 5.91 Å². The van der Waals surface area contributed by atoms with Gasteiger partial charge in [-0.25, -0.2) is 12.8 Å². The van der Waals surface area contributed by atoms with E-state index in [9.17, 15) is 17.6 Å². The molecule has 1 fully saturated rings. The Balaban J connectivity index is 1.65. The van der Waals surface area contributed by atoms with Gasteiger partial charge in [-0.05, 0) is 53.4 Å². The van der Waals surface area contributed by atoms with E-state index < -0.39 is 22.0 Å². The van der Waals surface area contributed by atoms with Crippen molar-refractivity contribution in [1.82, 2.24) is 4.90 Å². The minimum Gasteiger partial charge on any atom is -0.481 e. The summed E-state index contributed by atoms with van der Waals surface area (Å²) in [6.07, 6.45) is 0.0202. The molecule has 0 spiro atoms. The lowest BCUT2D eigenvalue weighted by Gasteiger charge is -2.32. The zero-order valence-electron chi connectivity index (χ0n) is 17.9. The number of hydrogen-bond donors (Lipinski definition) is 0. The number of hydrogen-bond acceptors (Lipinski definition) is 4. The molecule has 0 bridgehead atoms. The van der Waals surface area contributed by atoms with E-state index in [-0.39, 0.29) is 23.2 Å². The molecule has 0 aliphatic carbocycles. The maximum absolute atomic E-state index is 13.6. The number of ether oxygens (including phenoxy) is 1. The molecule has 1 aliphatic heterocycles. The topological polar surface area (TPSA) is 63.7 Å². The maximum atomic E-state index is 13.6. The first-order valence-electron chi connectivity index (χ1n) is 10.8. The summed E-state index contributed by atoms with van der Waals surface area (Å²) in [4.78, 5) is 15.3. The molecule has 0 N–H and O–H groups in total. The number of carbonyl (C=O) groups is 1. The first kappa shape index (κ1) is 22.3. The molecule has 0 radical (unpaired) electrons. The molecule has 1 saturated heterocycles. The summed E-state index contributed by atoms with van der Waals surface area (Å²) < 4.78 is 43.5. The first-order valence-corrected chi connectivity index (χ1v) is 12.6. The average Bonchev–Trinajstić information content (AvgIpc) is 3.16. The highest BCUT2D eigenvalue weighted by molar-refractivity contribution is 7.91. The largest absolute Gasteiger partial charge is 0.481 e. The van der Waals surface area contributed by atoms with E-state index in [1.165, 1.54) is 24.3 Å². The van der Waals surface area contributed by atoms with Crippen LogP contribution in [-0.4, -0.2) is 42.9 Å². The lowest BCUT2D eigenvalue weighted by atomic mass is 10.0. The number of carbonyl (C=O) groups excluding carboxylic acids is 1. The molecule has 3 aromatic carbocycles. The van der Waals surface area contributed by atoms with E-state index in [1.54, 1.807) is 4.90 Å². The van der Waals surface area contributed by atoms with Gasteiger partial charge in [-0.2, -0.15) is 0 Å². The number of halogens is 1. The van der Waals surface area contributed by atoms with Crippen molar-refractivity contribution >= 4 is 26.5 Å². The standard InChI is InChI=1S/C25H26FNO4S/c1-2-24(31-22-12-10-20(26)11-13-22)25(28)27(21-14-15-32(29,30)17-21)16-19-8-5-7-18-6-3-4-9-23(18)19/h3-13,21,24H,2,14-17H2,1H3. The van der Waals surface area contributed by atoms with Gasteiger partial charge in [0.15, 0.2) is 15.9 Å². The van der Waals surface area contributed by atoms with Crippen LogP contribution in [0.25, 0.3) is 10.8 Å². The summed E-state index contributed by atoms with van der Waals surface area (Å²) in [5.41, 5.74) is 0.956. The molecule has 1 amide bonds. The van der Waals surface area contributed by atoms with E-state index in [0.29, 0.717) is 25.1 Å². The van der Waals surface area contributed by atoms with Crippen molar-refractivity contribution in [3.63, 3.8) is 0 Å². The number of amides is 1. The van der Waals surface area contributed by atoms with E-state index in [1.807, 2.05) is 49.4 Å². The Morgan fingerprint density at radius 2 is 1.81 bits per heavy atom. The highest BCUT2D eigenvalue weighted by Crippen LogP contribution is 2.26. The SMILES string of the molecule is CCC(Oc1ccc(F)cc1)C(=O)N(Cc1cccc2ccccc12)C1CCS(=O)(=O)C1. The Hall–Kier alpha value is -2.93. The van der Waals surface area contributed by atoms with Crippen molar-refractivity contribution in [2.45, 2.75) is 38.5 Å². The van der Waals surface area contributed by atoms with Crippen LogP contribution in [0.3, 0.4) is 0 Å². The van der Waals surface area contributed by atoms with E-state index in [0.717, 1.165) is 16.3 Å². The number of sulfone groups is 1. The Bertz CT molecular complexity index is 1200. The van der Waals surface area contributed by atoms with Crippen LogP contribution >= 0.6 is 0 Å². The monoisotopic (exact) mass is 455 g/mol. The summed E-state index contributed by atoms with van der Waals surface area (Å²) in [6.45, 7) is 2.14. The molecular weight excluding hydrogens is 429 g/mol. The molecule has 4 rings (SSSR count). The van der Waals surface area contributed by atoms with Crippen molar-refractivity contribution in [1.29, 1.82) is 0 Å². The Kier molecular flexibility index (Phi) is 6.46. The van der Waals surface area contributed by atoms with Crippen LogP contribution in [0.5, 0.6) is 5.75 Å². The van der Waals surface area contributed by atoms with Crippen molar-refractivity contribution in [2.75, 3.05) is 11.5 Å². The molecule has 5 nitrogen and oxygen atoms in total. The number of nitrogens with zero attached hydrogens (tertiary/aromatic N) is 1. The zero-order chi connectivity index (χ0) is 22.7. The highest BCUT2D eigenvalue weighted by atomic mass is 32.2. The summed E-state index contributed by atoms with van der Waals surface area (Å²) >= 11 is 0. The van der Waals surface area contributed by atoms with Gasteiger partial charge in [0.1, 0.15) is 11.6 Å². The first-order chi connectivity index (χ1) is 15.4. The normalized spacial score (nSPS) is 18.4. The van der Waals surface area contributed by atoms with Crippen molar-refractivity contribution in [3.8, 4) is 5.75 Å². The van der Waals surface area contributed by atoms with Crippen LogP contribution < -0.4 is 4.74 Å². The average molecular weight is 456 g/mol. The molecule has 0 saturated carbocycles. The van der Waals surface area contributed by atoms with E-state index in [4.69, 9.17) is 4.74 Å². The lowest BCUT2D eigenvalue weighted by molar-refractivity contribution is -0.141. The molecule has 3 aromatic rings. The van der Waals surface area contributed by atoms with Crippen LogP contribution in [0, 0.1) is 5.82 Å². The molecule has 1 aliphatic rings. The fourth-order valence-corrected chi connectivity index (χ4v) is 5.92. The summed E-state index contributed by atoms with van der Waals surface area (Å²) in [5, 5.41) is 2.09. The third kappa shape index (κ3) is 4.93. The second kappa shape index (κ2) is 9.28. The lowest BCUT2D eigenvalue weighted by Crippen LogP contribution is -2.47. The van der Waals surface area contributed by atoms with Crippen LogP contribution in [-0.2, 0) is 21.2 Å². The third-order valence-electron chi connectivity index (χ3n) is 5.89. The van der Waals surface area contributed by atoms with Crippen LogP contribution in [0.4, 0.5) is 4.39 Å². The predicted octanol–water partition coefficient (Wildman–Crippen LogP) is 4.35. The van der Waals surface area contributed by atoms with Gasteiger partial charge in [-0.1, -0.05) is 49.4 Å². The molecule has 2 atom stereocenters. The van der Waals surface area contributed by atoms with Gasteiger partial charge >= 0.3 is 0 Å². The van der Waals surface area contributed by atoms with Crippen LogP contribution in [0.2, 0.25) is 0 Å². The Morgan fingerprint density at radius 1 is 1.09 bits per heavy atom. The number of benzene rings is 3. The molecule has 7 heteroatoms. The van der Waals surface area contributed by atoms with E-state index >= 15 is 0 Å². The summed E-state index contributed by atoms with van der Waals surface area (Å²) in [7, 11) is -3.18. The fraction of sp³-hybridized carbons (Fsp3) is 0.320. The second-order valence-corrected chi connectivity index (χ2v) is 10.4. The van der Waals surface area contributed by atoms with Gasteiger partial charge in [0.2, 0.25) is 0 Å². The van der Waals surface area contributed by atoms with Gasteiger partial charge in [0, 0.05) is 12.6 Å². The number of rotatable bonds is 7. The second-order valence-electron chi connectivity index (χ2n) is 8.13. The highest BCUT2D eigenvalue weighted by Gasteiger charge is 2.37. The molecule has 1 heterocycles.